The van der Waals surface area contributed by atoms with Crippen LogP contribution in [0.4, 0.5) is 0 Å². The van der Waals surface area contributed by atoms with Crippen LogP contribution in [-0.2, 0) is 4.74 Å². The molecule has 0 heterocycles. The summed E-state index contributed by atoms with van der Waals surface area (Å²) in [6, 6.07) is 0. The van der Waals surface area contributed by atoms with E-state index in [1.807, 2.05) is 0 Å². The van der Waals surface area contributed by atoms with Crippen molar-refractivity contribution in [1.82, 2.24) is 0 Å². The lowest BCUT2D eigenvalue weighted by molar-refractivity contribution is -0.0113. The van der Waals surface area contributed by atoms with Gasteiger partial charge in [0, 0.05) is 11.4 Å². The summed E-state index contributed by atoms with van der Waals surface area (Å²) < 4.78 is 5.74. The van der Waals surface area contributed by atoms with Crippen LogP contribution in [0.15, 0.2) is 0 Å². The van der Waals surface area contributed by atoms with Gasteiger partial charge in [-0.3, -0.25) is 0 Å². The van der Waals surface area contributed by atoms with Gasteiger partial charge in [0.15, 0.2) is 0 Å². The molecule has 0 aliphatic heterocycles. The van der Waals surface area contributed by atoms with Gasteiger partial charge < -0.3 is 4.74 Å². The molecule has 0 aromatic rings. The topological polar surface area (TPSA) is 9.23 Å². The molecular weight excluding hydrogens is 240 g/mol. The summed E-state index contributed by atoms with van der Waals surface area (Å²) in [6.45, 7) is 14.0. The molecule has 0 spiro atoms. The highest BCUT2D eigenvalue weighted by Crippen LogP contribution is 2.25. The van der Waals surface area contributed by atoms with Crippen molar-refractivity contribution >= 4 is 15.9 Å². The third-order valence-corrected chi connectivity index (χ3v) is 3.11. The summed E-state index contributed by atoms with van der Waals surface area (Å²) in [5.41, 5.74) is -0.00290. The second-order valence-corrected chi connectivity index (χ2v) is 6.78. The number of hydrogen-bond donors (Lipinski definition) is 0. The van der Waals surface area contributed by atoms with Crippen LogP contribution in [0.2, 0.25) is 0 Å². The van der Waals surface area contributed by atoms with Crippen molar-refractivity contribution in [3.63, 3.8) is 0 Å². The average molecular weight is 265 g/mol. The highest BCUT2D eigenvalue weighted by Gasteiger charge is 2.19. The van der Waals surface area contributed by atoms with E-state index in [0.717, 1.165) is 13.0 Å². The van der Waals surface area contributed by atoms with E-state index in [1.165, 1.54) is 0 Å². The summed E-state index contributed by atoms with van der Waals surface area (Å²) in [5.74, 6) is 1.42. The van der Waals surface area contributed by atoms with Crippen molar-refractivity contribution in [1.29, 1.82) is 0 Å². The van der Waals surface area contributed by atoms with E-state index in [-0.39, 0.29) is 5.60 Å². The summed E-state index contributed by atoms with van der Waals surface area (Å²) >= 11 is 3.67. The van der Waals surface area contributed by atoms with Gasteiger partial charge in [0.05, 0.1) is 5.60 Å². The maximum atomic E-state index is 5.74. The first-order valence-corrected chi connectivity index (χ1v) is 6.43. The molecule has 0 bridgehead atoms. The monoisotopic (exact) mass is 264 g/mol. The van der Waals surface area contributed by atoms with Crippen molar-refractivity contribution in [3.05, 3.63) is 0 Å². The van der Waals surface area contributed by atoms with E-state index in [0.29, 0.717) is 16.7 Å². The Kier molecular flexibility index (Phi) is 6.31. The van der Waals surface area contributed by atoms with E-state index < -0.39 is 0 Å². The van der Waals surface area contributed by atoms with Gasteiger partial charge in [0.25, 0.3) is 0 Å². The van der Waals surface area contributed by atoms with E-state index in [2.05, 4.69) is 57.5 Å². The molecule has 0 saturated carbocycles. The van der Waals surface area contributed by atoms with Crippen LogP contribution >= 0.6 is 15.9 Å². The SMILES string of the molecule is CC(C)C(CCOC(C)(C)C)C(C)Br. The van der Waals surface area contributed by atoms with Gasteiger partial charge in [-0.1, -0.05) is 36.7 Å². The molecule has 0 fully saturated rings. The zero-order chi connectivity index (χ0) is 11.4. The third kappa shape index (κ3) is 6.83. The molecule has 0 radical (unpaired) electrons. The molecule has 2 atom stereocenters. The Morgan fingerprint density at radius 3 is 1.93 bits per heavy atom. The van der Waals surface area contributed by atoms with Crippen LogP contribution < -0.4 is 0 Å². The number of halogens is 1. The normalized spacial score (nSPS) is 17.1. The van der Waals surface area contributed by atoms with Crippen LogP contribution in [0, 0.1) is 11.8 Å². The van der Waals surface area contributed by atoms with Gasteiger partial charge in [0.1, 0.15) is 0 Å². The summed E-state index contributed by atoms with van der Waals surface area (Å²) in [7, 11) is 0. The molecular formula is C12H25BrO. The van der Waals surface area contributed by atoms with Gasteiger partial charge >= 0.3 is 0 Å². The minimum atomic E-state index is -0.00290. The standard InChI is InChI=1S/C12H25BrO/c1-9(2)11(10(3)13)7-8-14-12(4,5)6/h9-11H,7-8H2,1-6H3. The van der Waals surface area contributed by atoms with Crippen LogP contribution in [0.3, 0.4) is 0 Å². The van der Waals surface area contributed by atoms with Crippen molar-refractivity contribution in [2.24, 2.45) is 11.8 Å². The van der Waals surface area contributed by atoms with Gasteiger partial charge in [-0.15, -0.1) is 0 Å². The highest BCUT2D eigenvalue weighted by molar-refractivity contribution is 9.09. The largest absolute Gasteiger partial charge is 0.376 e. The van der Waals surface area contributed by atoms with Gasteiger partial charge in [0.2, 0.25) is 0 Å². The zero-order valence-corrected chi connectivity index (χ0v) is 12.0. The minimum absolute atomic E-state index is 0.00290. The average Bonchev–Trinajstić information content (AvgIpc) is 1.94. The Hall–Kier alpha value is 0.440. The first kappa shape index (κ1) is 14.4. The summed E-state index contributed by atoms with van der Waals surface area (Å²) in [6.07, 6.45) is 1.14. The smallest absolute Gasteiger partial charge is 0.0598 e. The Bertz CT molecular complexity index is 139. The fraction of sp³-hybridized carbons (Fsp3) is 1.00. The highest BCUT2D eigenvalue weighted by atomic mass is 79.9. The second kappa shape index (κ2) is 6.12. The summed E-state index contributed by atoms with van der Waals surface area (Å²) in [5, 5.41) is 0. The van der Waals surface area contributed by atoms with Crippen molar-refractivity contribution < 1.29 is 4.74 Å². The molecule has 2 heteroatoms. The first-order valence-electron chi connectivity index (χ1n) is 5.52. The Labute approximate surface area is 97.7 Å². The predicted molar refractivity (Wildman–Crippen MR) is 67.0 cm³/mol. The van der Waals surface area contributed by atoms with Crippen molar-refractivity contribution in [2.45, 2.75) is 58.4 Å². The molecule has 0 aromatic heterocycles. The molecule has 0 aromatic carbocycles. The lowest BCUT2D eigenvalue weighted by Crippen LogP contribution is -2.24. The first-order chi connectivity index (χ1) is 6.24. The van der Waals surface area contributed by atoms with Crippen molar-refractivity contribution in [2.75, 3.05) is 6.61 Å². The fourth-order valence-electron chi connectivity index (χ4n) is 1.59. The van der Waals surface area contributed by atoms with E-state index in [1.54, 1.807) is 0 Å². The third-order valence-electron chi connectivity index (χ3n) is 2.43. The van der Waals surface area contributed by atoms with Crippen LogP contribution in [0.25, 0.3) is 0 Å². The van der Waals surface area contributed by atoms with Crippen LogP contribution in [0.1, 0.15) is 48.0 Å². The lowest BCUT2D eigenvalue weighted by Gasteiger charge is -2.26. The Morgan fingerprint density at radius 1 is 1.14 bits per heavy atom. The molecule has 2 unspecified atom stereocenters. The molecule has 0 aliphatic carbocycles. The maximum absolute atomic E-state index is 5.74. The maximum Gasteiger partial charge on any atom is 0.0598 e. The van der Waals surface area contributed by atoms with E-state index >= 15 is 0 Å². The van der Waals surface area contributed by atoms with Gasteiger partial charge in [-0.2, -0.15) is 0 Å². The Balaban J connectivity index is 3.84. The van der Waals surface area contributed by atoms with E-state index in [9.17, 15) is 0 Å². The van der Waals surface area contributed by atoms with Gasteiger partial charge in [-0.05, 0) is 39.0 Å². The van der Waals surface area contributed by atoms with E-state index in [4.69, 9.17) is 4.74 Å². The summed E-state index contributed by atoms with van der Waals surface area (Å²) in [4.78, 5) is 0.575. The molecule has 1 nitrogen and oxygen atoms in total. The predicted octanol–water partition coefficient (Wildman–Crippen LogP) is 4.25. The van der Waals surface area contributed by atoms with Crippen molar-refractivity contribution in [3.8, 4) is 0 Å². The number of rotatable bonds is 5. The Morgan fingerprint density at radius 2 is 1.64 bits per heavy atom. The molecule has 86 valence electrons. The molecule has 0 saturated heterocycles. The van der Waals surface area contributed by atoms with Crippen LogP contribution in [-0.4, -0.2) is 17.0 Å². The molecule has 14 heavy (non-hydrogen) atoms. The second-order valence-electron chi connectivity index (χ2n) is 5.33. The number of ether oxygens (including phenoxy) is 1. The van der Waals surface area contributed by atoms with Gasteiger partial charge in [-0.25, -0.2) is 0 Å². The molecule has 0 N–H and O–H groups in total. The fourth-order valence-corrected chi connectivity index (χ4v) is 2.47. The molecule has 0 aliphatic rings. The molecule has 0 amide bonds. The number of hydrogen-bond acceptors (Lipinski definition) is 1. The number of alkyl halides is 1. The zero-order valence-electron chi connectivity index (χ0n) is 10.4. The lowest BCUT2D eigenvalue weighted by atomic mass is 9.90. The quantitative estimate of drug-likeness (QED) is 0.675. The molecule has 0 rings (SSSR count). The minimum Gasteiger partial charge on any atom is -0.376 e. The van der Waals surface area contributed by atoms with Crippen LogP contribution in [0.5, 0.6) is 0 Å².